The van der Waals surface area contributed by atoms with E-state index in [9.17, 15) is 4.79 Å². The van der Waals surface area contributed by atoms with E-state index in [1.165, 1.54) is 23.7 Å². The van der Waals surface area contributed by atoms with Crippen molar-refractivity contribution in [1.29, 1.82) is 0 Å². The normalized spacial score (nSPS) is 18.9. The zero-order chi connectivity index (χ0) is 18.8. The van der Waals surface area contributed by atoms with Crippen molar-refractivity contribution in [2.45, 2.75) is 18.9 Å². The van der Waals surface area contributed by atoms with Crippen LogP contribution in [0.2, 0.25) is 0 Å². The summed E-state index contributed by atoms with van der Waals surface area (Å²) in [6.45, 7) is 3.11. The molecule has 0 spiro atoms. The molecule has 140 valence electrons. The highest BCUT2D eigenvalue weighted by molar-refractivity contribution is 5.88. The molecule has 27 heavy (non-hydrogen) atoms. The summed E-state index contributed by atoms with van der Waals surface area (Å²) in [7, 11) is 1.61. The average molecular weight is 364 g/mol. The second-order valence-electron chi connectivity index (χ2n) is 7.06. The van der Waals surface area contributed by atoms with Crippen LogP contribution in [-0.4, -0.2) is 43.9 Å². The summed E-state index contributed by atoms with van der Waals surface area (Å²) in [6, 6.07) is 13.0. The van der Waals surface area contributed by atoms with E-state index in [1.54, 1.807) is 13.2 Å². The molecule has 0 aliphatic carbocycles. The Labute approximate surface area is 159 Å². The molecular weight excluding hydrogens is 340 g/mol. The number of carboxylic acids is 1. The second-order valence-corrected chi connectivity index (χ2v) is 7.06. The van der Waals surface area contributed by atoms with Crippen molar-refractivity contribution in [3.63, 3.8) is 0 Å². The summed E-state index contributed by atoms with van der Waals surface area (Å²) < 4.78 is 5.31. The molecule has 0 bridgehead atoms. The summed E-state index contributed by atoms with van der Waals surface area (Å²) in [6.07, 6.45) is 5.07. The van der Waals surface area contributed by atoms with Crippen LogP contribution in [0.15, 0.2) is 42.5 Å². The number of aliphatic carboxylic acids is 1. The van der Waals surface area contributed by atoms with E-state index < -0.39 is 5.97 Å². The van der Waals surface area contributed by atoms with Gasteiger partial charge in [0, 0.05) is 30.9 Å². The predicted octanol–water partition coefficient (Wildman–Crippen LogP) is 3.18. The molecule has 1 atom stereocenters. The molecule has 0 saturated carbocycles. The first kappa shape index (κ1) is 17.6. The minimum absolute atomic E-state index is 0.576. The summed E-state index contributed by atoms with van der Waals surface area (Å²) in [5.74, 6) is -0.249. The average Bonchev–Trinajstić information content (AvgIpc) is 2.85. The molecule has 1 unspecified atom stereocenters. The van der Waals surface area contributed by atoms with E-state index in [4.69, 9.17) is 9.84 Å². The van der Waals surface area contributed by atoms with Crippen LogP contribution < -0.4 is 15.0 Å². The minimum Gasteiger partial charge on any atom is -0.497 e. The van der Waals surface area contributed by atoms with E-state index in [0.29, 0.717) is 11.8 Å². The van der Waals surface area contributed by atoms with E-state index in [1.807, 2.05) is 18.2 Å². The van der Waals surface area contributed by atoms with Gasteiger partial charge in [0.05, 0.1) is 7.11 Å². The smallest absolute Gasteiger partial charge is 0.328 e. The summed E-state index contributed by atoms with van der Waals surface area (Å²) in [4.78, 5) is 13.5. The zero-order valence-electron chi connectivity index (χ0n) is 15.4. The number of methoxy groups -OCH3 is 1. The molecule has 0 amide bonds. The molecule has 2 aliphatic rings. The summed E-state index contributed by atoms with van der Waals surface area (Å²) in [5.41, 5.74) is 5.66. The summed E-state index contributed by atoms with van der Waals surface area (Å²) >= 11 is 0. The van der Waals surface area contributed by atoms with Crippen LogP contribution in [0.4, 0.5) is 5.69 Å². The van der Waals surface area contributed by atoms with Crippen LogP contribution in [0.25, 0.3) is 17.2 Å². The van der Waals surface area contributed by atoms with Crippen molar-refractivity contribution in [3.05, 3.63) is 53.6 Å². The zero-order valence-corrected chi connectivity index (χ0v) is 15.4. The fourth-order valence-electron chi connectivity index (χ4n) is 4.12. The van der Waals surface area contributed by atoms with Crippen molar-refractivity contribution in [3.8, 4) is 16.9 Å². The molecule has 2 aromatic carbocycles. The Morgan fingerprint density at radius 2 is 2.15 bits per heavy atom. The highest BCUT2D eigenvalue weighted by Gasteiger charge is 2.30. The molecule has 5 heteroatoms. The van der Waals surface area contributed by atoms with Gasteiger partial charge in [-0.3, -0.25) is 0 Å². The third-order valence-corrected chi connectivity index (χ3v) is 5.45. The van der Waals surface area contributed by atoms with Gasteiger partial charge in [-0.25, -0.2) is 4.79 Å². The maximum absolute atomic E-state index is 11.0. The number of nitrogens with one attached hydrogen (secondary N) is 1. The second kappa shape index (κ2) is 7.45. The lowest BCUT2D eigenvalue weighted by Crippen LogP contribution is -2.32. The first-order valence-corrected chi connectivity index (χ1v) is 9.35. The van der Waals surface area contributed by atoms with Crippen LogP contribution in [0.5, 0.6) is 5.75 Å². The quantitative estimate of drug-likeness (QED) is 0.816. The Morgan fingerprint density at radius 1 is 1.26 bits per heavy atom. The van der Waals surface area contributed by atoms with Crippen molar-refractivity contribution < 1.29 is 14.6 Å². The fraction of sp³-hybridized carbons (Fsp3) is 0.318. The maximum Gasteiger partial charge on any atom is 0.328 e. The van der Waals surface area contributed by atoms with E-state index in [-0.39, 0.29) is 0 Å². The topological polar surface area (TPSA) is 61.8 Å². The van der Waals surface area contributed by atoms with E-state index in [2.05, 4.69) is 28.4 Å². The van der Waals surface area contributed by atoms with Gasteiger partial charge < -0.3 is 20.1 Å². The lowest BCUT2D eigenvalue weighted by Gasteiger charge is -2.25. The first-order chi connectivity index (χ1) is 13.2. The molecule has 2 aromatic rings. The van der Waals surface area contributed by atoms with Gasteiger partial charge in [0.25, 0.3) is 0 Å². The van der Waals surface area contributed by atoms with Gasteiger partial charge in [0.2, 0.25) is 0 Å². The highest BCUT2D eigenvalue weighted by atomic mass is 16.5. The SMILES string of the molecule is COc1ccc(-c2ccc3c(c2)N2CCNCCC2C3)c(C=CC(=O)O)c1. The molecule has 2 aliphatic heterocycles. The van der Waals surface area contributed by atoms with Gasteiger partial charge in [-0.1, -0.05) is 18.2 Å². The Morgan fingerprint density at radius 3 is 2.96 bits per heavy atom. The van der Waals surface area contributed by atoms with E-state index in [0.717, 1.165) is 42.7 Å². The Kier molecular flexibility index (Phi) is 4.86. The Balaban J connectivity index is 1.74. The largest absolute Gasteiger partial charge is 0.497 e. The van der Waals surface area contributed by atoms with Gasteiger partial charge in [0.1, 0.15) is 5.75 Å². The Bertz CT molecular complexity index is 891. The molecular formula is C22H24N2O3. The highest BCUT2D eigenvalue weighted by Crippen LogP contribution is 2.38. The number of rotatable bonds is 4. The monoisotopic (exact) mass is 364 g/mol. The number of carboxylic acid groups (broad SMARTS) is 1. The number of carbonyl (C=O) groups is 1. The van der Waals surface area contributed by atoms with Crippen molar-refractivity contribution in [2.24, 2.45) is 0 Å². The molecule has 4 rings (SSSR count). The lowest BCUT2D eigenvalue weighted by atomic mass is 9.97. The molecule has 1 saturated heterocycles. The minimum atomic E-state index is -0.961. The number of benzene rings is 2. The number of fused-ring (bicyclic) bond motifs is 3. The number of nitrogens with zero attached hydrogens (tertiary/aromatic N) is 1. The third kappa shape index (κ3) is 3.55. The van der Waals surface area contributed by atoms with Crippen molar-refractivity contribution in [2.75, 3.05) is 31.6 Å². The van der Waals surface area contributed by atoms with Gasteiger partial charge in [-0.05, 0) is 65.9 Å². The third-order valence-electron chi connectivity index (χ3n) is 5.45. The van der Waals surface area contributed by atoms with Gasteiger partial charge in [-0.2, -0.15) is 0 Å². The number of ether oxygens (including phenoxy) is 1. The number of anilines is 1. The fourth-order valence-corrected chi connectivity index (χ4v) is 4.12. The van der Waals surface area contributed by atoms with Crippen LogP contribution in [0, 0.1) is 0 Å². The Hall–Kier alpha value is -2.79. The predicted molar refractivity (Wildman–Crippen MR) is 107 cm³/mol. The number of hydrogen-bond donors (Lipinski definition) is 2. The summed E-state index contributed by atoms with van der Waals surface area (Å²) in [5, 5.41) is 12.5. The maximum atomic E-state index is 11.0. The van der Waals surface area contributed by atoms with Crippen LogP contribution in [-0.2, 0) is 11.2 Å². The number of hydrogen-bond acceptors (Lipinski definition) is 4. The van der Waals surface area contributed by atoms with E-state index >= 15 is 0 Å². The van der Waals surface area contributed by atoms with Crippen molar-refractivity contribution >= 4 is 17.7 Å². The van der Waals surface area contributed by atoms with Crippen LogP contribution in [0.3, 0.4) is 0 Å². The van der Waals surface area contributed by atoms with Crippen molar-refractivity contribution in [1.82, 2.24) is 5.32 Å². The molecule has 0 aromatic heterocycles. The molecule has 2 N–H and O–H groups in total. The molecule has 0 radical (unpaired) electrons. The standard InChI is InChI=1S/C22H24N2O3/c1-27-19-5-6-20(15(13-19)4-7-22(25)26)16-2-3-17-12-18-8-9-23-10-11-24(18)21(17)14-16/h2-7,13-14,18,23H,8-12H2,1H3,(H,25,26). The lowest BCUT2D eigenvalue weighted by molar-refractivity contribution is -0.131. The van der Waals surface area contributed by atoms with Gasteiger partial charge in [0.15, 0.2) is 0 Å². The molecule has 5 nitrogen and oxygen atoms in total. The molecule has 1 fully saturated rings. The molecule has 2 heterocycles. The van der Waals surface area contributed by atoms with Crippen LogP contribution in [0.1, 0.15) is 17.5 Å². The first-order valence-electron chi connectivity index (χ1n) is 9.35. The van der Waals surface area contributed by atoms with Gasteiger partial charge in [-0.15, -0.1) is 0 Å². The van der Waals surface area contributed by atoms with Gasteiger partial charge >= 0.3 is 5.97 Å². The van der Waals surface area contributed by atoms with Crippen LogP contribution >= 0.6 is 0 Å².